The fourth-order valence-electron chi connectivity index (χ4n) is 7.97. The molecule has 11 aromatic rings. The van der Waals surface area contributed by atoms with E-state index < -0.39 is 0 Å². The minimum Gasteiger partial charge on any atom is -0.456 e. The van der Waals surface area contributed by atoms with E-state index >= 15 is 0 Å². The van der Waals surface area contributed by atoms with Crippen molar-refractivity contribution in [2.24, 2.45) is 0 Å². The second-order valence-corrected chi connectivity index (χ2v) is 14.3. The Morgan fingerprint density at radius 2 is 0.981 bits per heavy atom. The van der Waals surface area contributed by atoms with Crippen molar-refractivity contribution in [1.29, 1.82) is 0 Å². The highest BCUT2D eigenvalue weighted by Crippen LogP contribution is 2.53. The number of furan rings is 2. The molecule has 0 N–H and O–H groups in total. The Balaban J connectivity index is 1.33. The van der Waals surface area contributed by atoms with Gasteiger partial charge in [0.2, 0.25) is 0 Å². The van der Waals surface area contributed by atoms with Gasteiger partial charge >= 0.3 is 0 Å². The molecule has 0 aliphatic heterocycles. The van der Waals surface area contributed by atoms with Crippen molar-refractivity contribution in [2.75, 3.05) is 4.90 Å². The van der Waals surface area contributed by atoms with Crippen LogP contribution in [-0.2, 0) is 0 Å². The zero-order chi connectivity index (χ0) is 34.2. The molecule has 0 spiro atoms. The summed E-state index contributed by atoms with van der Waals surface area (Å²) in [5.41, 5.74) is 11.4. The van der Waals surface area contributed by atoms with Crippen molar-refractivity contribution in [3.63, 3.8) is 0 Å². The molecule has 4 heteroatoms. The van der Waals surface area contributed by atoms with Crippen LogP contribution in [0.25, 0.3) is 86.3 Å². The van der Waals surface area contributed by atoms with Crippen LogP contribution in [0.1, 0.15) is 0 Å². The molecule has 244 valence electrons. The third-order valence-corrected chi connectivity index (χ3v) is 11.5. The summed E-state index contributed by atoms with van der Waals surface area (Å²) in [6.45, 7) is 0. The van der Waals surface area contributed by atoms with Gasteiger partial charge in [-0.3, -0.25) is 0 Å². The summed E-state index contributed by atoms with van der Waals surface area (Å²) in [6, 6.07) is 62.5. The van der Waals surface area contributed by atoms with Gasteiger partial charge in [-0.15, -0.1) is 11.3 Å². The van der Waals surface area contributed by atoms with Gasteiger partial charge in [0.1, 0.15) is 22.3 Å². The van der Waals surface area contributed by atoms with Crippen molar-refractivity contribution in [2.45, 2.75) is 0 Å². The average molecular weight is 684 g/mol. The number of rotatable bonds is 5. The third kappa shape index (κ3) is 4.38. The number of fused-ring (bicyclic) bond motifs is 9. The lowest BCUT2D eigenvalue weighted by Gasteiger charge is -2.30. The molecule has 0 aliphatic carbocycles. The van der Waals surface area contributed by atoms with Crippen LogP contribution in [0, 0.1) is 0 Å². The summed E-state index contributed by atoms with van der Waals surface area (Å²) in [5.74, 6) is 0. The van der Waals surface area contributed by atoms with Gasteiger partial charge in [0, 0.05) is 47.6 Å². The highest BCUT2D eigenvalue weighted by molar-refractivity contribution is 7.26. The smallest absolute Gasteiger partial charge is 0.137 e. The molecule has 0 aliphatic rings. The van der Waals surface area contributed by atoms with E-state index in [1.165, 1.54) is 31.3 Å². The zero-order valence-corrected chi connectivity index (χ0v) is 28.7. The molecular formula is C48H29NO2S. The van der Waals surface area contributed by atoms with E-state index in [1.807, 2.05) is 29.5 Å². The topological polar surface area (TPSA) is 29.5 Å². The fraction of sp³-hybridized carbons (Fsp3) is 0. The zero-order valence-electron chi connectivity index (χ0n) is 27.9. The fourth-order valence-corrected chi connectivity index (χ4v) is 9.22. The van der Waals surface area contributed by atoms with E-state index in [4.69, 9.17) is 8.83 Å². The molecule has 0 unspecified atom stereocenters. The van der Waals surface area contributed by atoms with E-state index in [2.05, 4.69) is 163 Å². The Labute approximate surface area is 303 Å². The molecule has 11 rings (SSSR count). The minimum absolute atomic E-state index is 0.850. The van der Waals surface area contributed by atoms with E-state index in [0.717, 1.165) is 72.1 Å². The van der Waals surface area contributed by atoms with Crippen LogP contribution in [0.4, 0.5) is 17.1 Å². The van der Waals surface area contributed by atoms with Crippen molar-refractivity contribution in [3.8, 4) is 22.3 Å². The Morgan fingerprint density at radius 3 is 1.77 bits per heavy atom. The summed E-state index contributed by atoms with van der Waals surface area (Å²) >= 11 is 1.86. The maximum absolute atomic E-state index is 6.60. The van der Waals surface area contributed by atoms with Crippen molar-refractivity contribution in [1.82, 2.24) is 0 Å². The standard InChI is InChI=1S/C48H29NO2S/c1-3-13-30(14-4-1)33-25-28-43-46(36-18-8-11-21-41(36)51-43)47(33)49(32-23-27-42-38(29-32)35-17-7-10-20-40(35)50-42)39-26-24-34(31-15-5-2-6-16-31)48-45(39)37-19-9-12-22-44(37)52-48/h1-29H. The van der Waals surface area contributed by atoms with E-state index in [1.54, 1.807) is 0 Å². The molecular weight excluding hydrogens is 655 g/mol. The predicted octanol–water partition coefficient (Wildman–Crippen LogP) is 14.7. The van der Waals surface area contributed by atoms with E-state index in [9.17, 15) is 0 Å². The highest BCUT2D eigenvalue weighted by Gasteiger charge is 2.27. The van der Waals surface area contributed by atoms with Crippen LogP contribution in [0.15, 0.2) is 185 Å². The molecule has 0 bridgehead atoms. The molecule has 3 aromatic heterocycles. The van der Waals surface area contributed by atoms with Gasteiger partial charge in [0.05, 0.1) is 16.8 Å². The Kier molecular flexibility index (Phi) is 6.42. The van der Waals surface area contributed by atoms with Gasteiger partial charge in [-0.1, -0.05) is 121 Å². The number of thiophene rings is 1. The minimum atomic E-state index is 0.850. The van der Waals surface area contributed by atoms with Crippen LogP contribution in [0.5, 0.6) is 0 Å². The lowest BCUT2D eigenvalue weighted by Crippen LogP contribution is -2.12. The van der Waals surface area contributed by atoms with Gasteiger partial charge in [-0.05, 0) is 71.3 Å². The molecule has 0 saturated carbocycles. The molecule has 8 aromatic carbocycles. The first-order chi connectivity index (χ1) is 25.8. The largest absolute Gasteiger partial charge is 0.456 e. The third-order valence-electron chi connectivity index (χ3n) is 10.3. The summed E-state index contributed by atoms with van der Waals surface area (Å²) in [6.07, 6.45) is 0. The second-order valence-electron chi connectivity index (χ2n) is 13.2. The van der Waals surface area contributed by atoms with E-state index in [0.29, 0.717) is 0 Å². The number of para-hydroxylation sites is 2. The normalized spacial score (nSPS) is 11.8. The first-order valence-electron chi connectivity index (χ1n) is 17.5. The summed E-state index contributed by atoms with van der Waals surface area (Å²) in [4.78, 5) is 2.48. The van der Waals surface area contributed by atoms with E-state index in [-0.39, 0.29) is 0 Å². The Hall–Kier alpha value is -6.62. The lowest BCUT2D eigenvalue weighted by molar-refractivity contribution is 0.668. The number of hydrogen-bond donors (Lipinski definition) is 0. The first-order valence-corrected chi connectivity index (χ1v) is 18.3. The quantitative estimate of drug-likeness (QED) is 0.181. The lowest BCUT2D eigenvalue weighted by atomic mass is 9.96. The molecule has 3 heterocycles. The van der Waals surface area contributed by atoms with Crippen LogP contribution >= 0.6 is 11.3 Å². The molecule has 0 atom stereocenters. The Bertz CT molecular complexity index is 3130. The van der Waals surface area contributed by atoms with Crippen LogP contribution < -0.4 is 4.90 Å². The van der Waals surface area contributed by atoms with Crippen molar-refractivity contribution < 1.29 is 8.83 Å². The van der Waals surface area contributed by atoms with Gasteiger partial charge < -0.3 is 13.7 Å². The first kappa shape index (κ1) is 29.1. The van der Waals surface area contributed by atoms with Crippen molar-refractivity contribution in [3.05, 3.63) is 176 Å². The summed E-state index contributed by atoms with van der Waals surface area (Å²) in [7, 11) is 0. The van der Waals surface area contributed by atoms with Crippen LogP contribution in [-0.4, -0.2) is 0 Å². The number of hydrogen-bond acceptors (Lipinski definition) is 4. The molecule has 3 nitrogen and oxygen atoms in total. The number of anilines is 3. The molecule has 0 amide bonds. The Morgan fingerprint density at radius 1 is 0.404 bits per heavy atom. The van der Waals surface area contributed by atoms with Gasteiger partial charge in [-0.25, -0.2) is 0 Å². The molecule has 0 radical (unpaired) electrons. The van der Waals surface area contributed by atoms with Gasteiger partial charge in [0.15, 0.2) is 0 Å². The number of nitrogens with zero attached hydrogens (tertiary/aromatic N) is 1. The highest BCUT2D eigenvalue weighted by atomic mass is 32.1. The van der Waals surface area contributed by atoms with Crippen molar-refractivity contribution >= 4 is 92.4 Å². The average Bonchev–Trinajstić information content (AvgIpc) is 3.90. The summed E-state index contributed by atoms with van der Waals surface area (Å²) < 4.78 is 15.5. The number of benzene rings is 8. The predicted molar refractivity (Wildman–Crippen MR) is 219 cm³/mol. The monoisotopic (exact) mass is 683 g/mol. The van der Waals surface area contributed by atoms with Gasteiger partial charge in [-0.2, -0.15) is 0 Å². The van der Waals surface area contributed by atoms with Gasteiger partial charge in [0.25, 0.3) is 0 Å². The summed E-state index contributed by atoms with van der Waals surface area (Å²) in [5, 5.41) is 6.80. The van der Waals surface area contributed by atoms with Crippen LogP contribution in [0.3, 0.4) is 0 Å². The second kappa shape index (κ2) is 11.5. The molecule has 0 fully saturated rings. The SMILES string of the molecule is c1ccc(-c2ccc3oc4ccccc4c3c2N(c2ccc3oc4ccccc4c3c2)c2ccc(-c3ccccc3)c3sc4ccccc4c23)cc1. The maximum Gasteiger partial charge on any atom is 0.137 e. The van der Waals surface area contributed by atoms with Crippen LogP contribution in [0.2, 0.25) is 0 Å². The molecule has 52 heavy (non-hydrogen) atoms. The molecule has 0 saturated heterocycles. The maximum atomic E-state index is 6.60.